The molecule has 0 radical (unpaired) electrons. The second kappa shape index (κ2) is 11.4. The fourth-order valence-electron chi connectivity index (χ4n) is 1.77. The third-order valence-electron chi connectivity index (χ3n) is 2.84. The van der Waals surface area contributed by atoms with Crippen molar-refractivity contribution in [1.29, 1.82) is 0 Å². The molecule has 0 saturated heterocycles. The Morgan fingerprint density at radius 2 is 1.19 bits per heavy atom. The topological polar surface area (TPSA) is 0 Å². The van der Waals surface area contributed by atoms with Gasteiger partial charge in [0.05, 0.1) is 27.2 Å². The van der Waals surface area contributed by atoms with Crippen molar-refractivity contribution in [3.8, 4) is 0 Å². The molecule has 2 heteroatoms. The molecular weight excluding hydrogens is 262 g/mol. The second-order valence-corrected chi connectivity index (χ2v) is 4.95. The normalized spacial score (nSPS) is 10.6. The van der Waals surface area contributed by atoms with Crippen LogP contribution in [0.25, 0.3) is 0 Å². The summed E-state index contributed by atoms with van der Waals surface area (Å²) in [5.74, 6) is 0. The van der Waals surface area contributed by atoms with Crippen molar-refractivity contribution >= 4 is 0 Å². The molecule has 0 amide bonds. The van der Waals surface area contributed by atoms with Crippen LogP contribution < -0.4 is 17.0 Å². The van der Waals surface area contributed by atoms with Gasteiger partial charge in [-0.05, 0) is 38.5 Å². The summed E-state index contributed by atoms with van der Waals surface area (Å²) in [4.78, 5) is 0. The third kappa shape index (κ3) is 12.0. The zero-order chi connectivity index (χ0) is 11.6. The number of hydrogen-bond acceptors (Lipinski definition) is 0. The fraction of sp³-hybridized carbons (Fsp3) is 0.714. The molecule has 1 nitrogen and oxygen atoms in total. The van der Waals surface area contributed by atoms with Crippen LogP contribution in [-0.4, -0.2) is 31.7 Å². The first-order chi connectivity index (χ1) is 7.12. The average molecular weight is 290 g/mol. The van der Waals surface area contributed by atoms with Crippen molar-refractivity contribution < 1.29 is 21.5 Å². The predicted octanol–water partition coefficient (Wildman–Crippen LogP) is 0.779. The summed E-state index contributed by atoms with van der Waals surface area (Å²) in [6.07, 6.45) is 11.6. The van der Waals surface area contributed by atoms with Gasteiger partial charge in [0.1, 0.15) is 0 Å². The molecule has 0 aromatic rings. The van der Waals surface area contributed by atoms with Gasteiger partial charge in [0.25, 0.3) is 0 Å². The highest BCUT2D eigenvalue weighted by Crippen LogP contribution is 2.07. The first-order valence-corrected chi connectivity index (χ1v) is 6.16. The van der Waals surface area contributed by atoms with Gasteiger partial charge < -0.3 is 21.5 Å². The lowest BCUT2D eigenvalue weighted by Gasteiger charge is -2.29. The molecule has 0 N–H and O–H groups in total. The number of unbranched alkanes of at least 4 members (excludes halogenated alkanes) is 4. The van der Waals surface area contributed by atoms with Crippen LogP contribution in [0.5, 0.6) is 0 Å². The number of nitrogens with zero attached hydrogens (tertiary/aromatic N) is 1. The van der Waals surface area contributed by atoms with Gasteiger partial charge in [-0.1, -0.05) is 12.2 Å². The van der Waals surface area contributed by atoms with Crippen molar-refractivity contribution in [2.75, 3.05) is 27.2 Å². The Balaban J connectivity index is 0. The predicted molar refractivity (Wildman–Crippen MR) is 69.9 cm³/mol. The van der Waals surface area contributed by atoms with Crippen molar-refractivity contribution in [3.63, 3.8) is 0 Å². The summed E-state index contributed by atoms with van der Waals surface area (Å²) in [7, 11) is 4.67. The molecule has 16 heavy (non-hydrogen) atoms. The molecule has 0 aliphatic carbocycles. The van der Waals surface area contributed by atoms with Gasteiger partial charge in [0.2, 0.25) is 0 Å². The molecule has 96 valence electrons. The van der Waals surface area contributed by atoms with E-state index in [0.29, 0.717) is 0 Å². The van der Waals surface area contributed by atoms with E-state index in [1.807, 2.05) is 12.2 Å². The van der Waals surface area contributed by atoms with Crippen molar-refractivity contribution in [2.24, 2.45) is 0 Å². The average Bonchev–Trinajstić information content (AvgIpc) is 2.20. The third-order valence-corrected chi connectivity index (χ3v) is 2.84. The lowest BCUT2D eigenvalue weighted by atomic mass is 10.2. The Kier molecular flexibility index (Phi) is 13.0. The van der Waals surface area contributed by atoms with Gasteiger partial charge >= 0.3 is 0 Å². The molecule has 0 saturated carbocycles. The highest BCUT2D eigenvalue weighted by Gasteiger charge is 2.12. The summed E-state index contributed by atoms with van der Waals surface area (Å²) in [5.41, 5.74) is 0. The van der Waals surface area contributed by atoms with E-state index in [4.69, 9.17) is 0 Å². The maximum atomic E-state index is 3.75. The standard InChI is InChI=1S/C14H28N.BrH/c1-5-7-9-11-13-15(3,4)14-12-10-8-6-2;/h5-6H,1-2,7-14H2,3-4H3;1H/q+1;/p-1. The summed E-state index contributed by atoms with van der Waals surface area (Å²) in [5, 5.41) is 0. The van der Waals surface area contributed by atoms with Gasteiger partial charge in [-0.3, -0.25) is 0 Å². The van der Waals surface area contributed by atoms with Crippen LogP contribution in [0, 0.1) is 0 Å². The first kappa shape index (κ1) is 18.3. The minimum absolute atomic E-state index is 0. The summed E-state index contributed by atoms with van der Waals surface area (Å²) < 4.78 is 1.16. The van der Waals surface area contributed by atoms with E-state index in [-0.39, 0.29) is 17.0 Å². The molecule has 0 rings (SSSR count). The summed E-state index contributed by atoms with van der Waals surface area (Å²) in [6, 6.07) is 0. The van der Waals surface area contributed by atoms with Crippen LogP contribution in [0.4, 0.5) is 0 Å². The van der Waals surface area contributed by atoms with Gasteiger partial charge in [-0.15, -0.1) is 13.2 Å². The van der Waals surface area contributed by atoms with E-state index in [2.05, 4.69) is 27.3 Å². The molecule has 0 fully saturated rings. The SMILES string of the molecule is C=CCCCC[N+](C)(C)CCCCC=C.[Br-]. The van der Waals surface area contributed by atoms with Crippen LogP contribution in [-0.2, 0) is 0 Å². The Labute approximate surface area is 113 Å². The fourth-order valence-corrected chi connectivity index (χ4v) is 1.77. The maximum absolute atomic E-state index is 3.75. The van der Waals surface area contributed by atoms with Crippen molar-refractivity contribution in [2.45, 2.75) is 38.5 Å². The van der Waals surface area contributed by atoms with E-state index in [9.17, 15) is 0 Å². The van der Waals surface area contributed by atoms with E-state index >= 15 is 0 Å². The molecule has 0 aliphatic rings. The lowest BCUT2D eigenvalue weighted by Crippen LogP contribution is -3.00. The number of hydrogen-bond donors (Lipinski definition) is 0. The monoisotopic (exact) mass is 289 g/mol. The Bertz CT molecular complexity index is 158. The molecule has 0 heterocycles. The van der Waals surface area contributed by atoms with Crippen molar-refractivity contribution in [1.82, 2.24) is 0 Å². The van der Waals surface area contributed by atoms with E-state index in [1.54, 1.807) is 0 Å². The van der Waals surface area contributed by atoms with E-state index in [0.717, 1.165) is 17.3 Å². The van der Waals surface area contributed by atoms with Crippen LogP contribution in [0.15, 0.2) is 25.3 Å². The molecule has 0 aromatic heterocycles. The summed E-state index contributed by atoms with van der Waals surface area (Å²) >= 11 is 0. The maximum Gasteiger partial charge on any atom is 0.0782 e. The van der Waals surface area contributed by atoms with Crippen LogP contribution in [0.1, 0.15) is 38.5 Å². The number of rotatable bonds is 10. The number of halogens is 1. The van der Waals surface area contributed by atoms with Gasteiger partial charge in [-0.2, -0.15) is 0 Å². The molecule has 0 unspecified atom stereocenters. The van der Waals surface area contributed by atoms with Crippen LogP contribution in [0.3, 0.4) is 0 Å². The van der Waals surface area contributed by atoms with E-state index in [1.165, 1.54) is 38.8 Å². The quantitative estimate of drug-likeness (QED) is 0.317. The highest BCUT2D eigenvalue weighted by atomic mass is 79.9. The Hall–Kier alpha value is -0.0800. The number of allylic oxidation sites excluding steroid dienone is 2. The van der Waals surface area contributed by atoms with E-state index < -0.39 is 0 Å². The number of quaternary nitrogens is 1. The van der Waals surface area contributed by atoms with Crippen LogP contribution >= 0.6 is 0 Å². The van der Waals surface area contributed by atoms with Gasteiger partial charge in [0, 0.05) is 0 Å². The molecule has 0 atom stereocenters. The first-order valence-electron chi connectivity index (χ1n) is 6.16. The lowest BCUT2D eigenvalue weighted by molar-refractivity contribution is -0.890. The zero-order valence-corrected chi connectivity index (χ0v) is 12.6. The van der Waals surface area contributed by atoms with Crippen molar-refractivity contribution in [3.05, 3.63) is 25.3 Å². The van der Waals surface area contributed by atoms with Gasteiger partial charge in [0.15, 0.2) is 0 Å². The van der Waals surface area contributed by atoms with Gasteiger partial charge in [-0.25, -0.2) is 0 Å². The second-order valence-electron chi connectivity index (χ2n) is 4.95. The van der Waals surface area contributed by atoms with Crippen LogP contribution in [0.2, 0.25) is 0 Å². The molecule has 0 spiro atoms. The molecular formula is C14H28BrN. The molecule has 0 aromatic carbocycles. The smallest absolute Gasteiger partial charge is 0.0782 e. The minimum Gasteiger partial charge on any atom is -1.00 e. The molecule has 0 aliphatic heterocycles. The highest BCUT2D eigenvalue weighted by molar-refractivity contribution is 4.66. The zero-order valence-electron chi connectivity index (χ0n) is 11.1. The summed E-state index contributed by atoms with van der Waals surface area (Å²) in [6.45, 7) is 10.1. The Morgan fingerprint density at radius 1 is 0.812 bits per heavy atom. The minimum atomic E-state index is 0. The Morgan fingerprint density at radius 3 is 1.50 bits per heavy atom. The largest absolute Gasteiger partial charge is 1.00 e. The molecule has 0 bridgehead atoms.